The first-order valence-electron chi connectivity index (χ1n) is 7.66. The standard InChI is InChI=1S/C18H17N5O2/c1-25-16-8-3-2-7-15(16)23-17(24)13-10-20-18(21-11-13)22-12-14-6-4-5-9-19-14/h2-11H,12H2,1H3,(H,23,24)(H,20,21,22). The summed E-state index contributed by atoms with van der Waals surface area (Å²) >= 11 is 0. The van der Waals surface area contributed by atoms with Crippen molar-refractivity contribution in [2.24, 2.45) is 0 Å². The van der Waals surface area contributed by atoms with Crippen LogP contribution in [-0.4, -0.2) is 28.0 Å². The lowest BCUT2D eigenvalue weighted by molar-refractivity contribution is 0.102. The van der Waals surface area contributed by atoms with E-state index < -0.39 is 0 Å². The minimum atomic E-state index is -0.305. The predicted octanol–water partition coefficient (Wildman–Crippen LogP) is 2.74. The second-order valence-corrected chi connectivity index (χ2v) is 5.12. The Morgan fingerprint density at radius 3 is 2.52 bits per heavy atom. The summed E-state index contributed by atoms with van der Waals surface area (Å²) in [4.78, 5) is 24.8. The molecule has 0 unspecified atom stereocenters. The summed E-state index contributed by atoms with van der Waals surface area (Å²) in [6.07, 6.45) is 4.67. The number of amides is 1. The van der Waals surface area contributed by atoms with Crippen LogP contribution in [0.1, 0.15) is 16.1 Å². The van der Waals surface area contributed by atoms with Crippen molar-refractivity contribution in [3.8, 4) is 5.75 Å². The van der Waals surface area contributed by atoms with Crippen molar-refractivity contribution < 1.29 is 9.53 Å². The van der Waals surface area contributed by atoms with Gasteiger partial charge in [0.05, 0.1) is 30.6 Å². The van der Waals surface area contributed by atoms with Gasteiger partial charge in [-0.2, -0.15) is 0 Å². The van der Waals surface area contributed by atoms with Gasteiger partial charge in [-0.1, -0.05) is 18.2 Å². The van der Waals surface area contributed by atoms with Gasteiger partial charge in [-0.15, -0.1) is 0 Å². The highest BCUT2D eigenvalue weighted by Gasteiger charge is 2.10. The Bertz CT molecular complexity index is 838. The average Bonchev–Trinajstić information content (AvgIpc) is 2.68. The normalized spacial score (nSPS) is 10.1. The van der Waals surface area contributed by atoms with Crippen LogP contribution >= 0.6 is 0 Å². The number of para-hydroxylation sites is 2. The second-order valence-electron chi connectivity index (χ2n) is 5.12. The molecule has 0 fully saturated rings. The Morgan fingerprint density at radius 2 is 1.80 bits per heavy atom. The van der Waals surface area contributed by atoms with Crippen molar-refractivity contribution in [3.63, 3.8) is 0 Å². The van der Waals surface area contributed by atoms with Gasteiger partial charge in [-0.05, 0) is 24.3 Å². The maximum atomic E-state index is 12.3. The fraction of sp³-hybridized carbons (Fsp3) is 0.111. The summed E-state index contributed by atoms with van der Waals surface area (Å²) in [6.45, 7) is 0.508. The first-order valence-corrected chi connectivity index (χ1v) is 7.66. The summed E-state index contributed by atoms with van der Waals surface area (Å²) in [7, 11) is 1.55. The van der Waals surface area contributed by atoms with Crippen LogP contribution < -0.4 is 15.4 Å². The van der Waals surface area contributed by atoms with E-state index in [4.69, 9.17) is 4.74 Å². The van der Waals surface area contributed by atoms with E-state index in [-0.39, 0.29) is 5.91 Å². The monoisotopic (exact) mass is 335 g/mol. The number of carbonyl (C=O) groups is 1. The van der Waals surface area contributed by atoms with Crippen LogP contribution in [0.15, 0.2) is 61.1 Å². The zero-order valence-corrected chi connectivity index (χ0v) is 13.6. The molecule has 0 bridgehead atoms. The molecule has 0 saturated heterocycles. The molecule has 2 N–H and O–H groups in total. The lowest BCUT2D eigenvalue weighted by atomic mass is 10.2. The van der Waals surface area contributed by atoms with Crippen LogP contribution in [0.25, 0.3) is 0 Å². The van der Waals surface area contributed by atoms with Crippen molar-refractivity contribution in [2.45, 2.75) is 6.54 Å². The zero-order valence-electron chi connectivity index (χ0n) is 13.6. The summed E-state index contributed by atoms with van der Waals surface area (Å²) in [6, 6.07) is 12.9. The third-order valence-electron chi connectivity index (χ3n) is 3.42. The Kier molecular flexibility index (Phi) is 5.16. The van der Waals surface area contributed by atoms with Crippen LogP contribution in [0.3, 0.4) is 0 Å². The van der Waals surface area contributed by atoms with Gasteiger partial charge >= 0.3 is 0 Å². The third kappa shape index (κ3) is 4.29. The highest BCUT2D eigenvalue weighted by atomic mass is 16.5. The lowest BCUT2D eigenvalue weighted by Crippen LogP contribution is -2.14. The van der Waals surface area contributed by atoms with Crippen molar-refractivity contribution in [3.05, 3.63) is 72.3 Å². The molecule has 25 heavy (non-hydrogen) atoms. The number of benzene rings is 1. The molecule has 0 saturated carbocycles. The smallest absolute Gasteiger partial charge is 0.258 e. The number of aromatic nitrogens is 3. The topological polar surface area (TPSA) is 89.0 Å². The molecule has 0 aliphatic heterocycles. The van der Waals surface area contributed by atoms with Crippen molar-refractivity contribution in [1.82, 2.24) is 15.0 Å². The lowest BCUT2D eigenvalue weighted by Gasteiger charge is -2.10. The number of hydrogen-bond acceptors (Lipinski definition) is 6. The highest BCUT2D eigenvalue weighted by Crippen LogP contribution is 2.23. The van der Waals surface area contributed by atoms with E-state index >= 15 is 0 Å². The number of anilines is 2. The van der Waals surface area contributed by atoms with Gasteiger partial charge in [0, 0.05) is 18.6 Å². The quantitative estimate of drug-likeness (QED) is 0.720. The van der Waals surface area contributed by atoms with Gasteiger partial charge < -0.3 is 15.4 Å². The summed E-state index contributed by atoms with van der Waals surface area (Å²) in [5.74, 6) is 0.714. The maximum absolute atomic E-state index is 12.3. The van der Waals surface area contributed by atoms with Gasteiger partial charge in [-0.3, -0.25) is 9.78 Å². The van der Waals surface area contributed by atoms with E-state index in [1.54, 1.807) is 25.4 Å². The highest BCUT2D eigenvalue weighted by molar-refractivity contribution is 6.04. The van der Waals surface area contributed by atoms with Crippen LogP contribution in [0.2, 0.25) is 0 Å². The Morgan fingerprint density at radius 1 is 1.04 bits per heavy atom. The molecule has 0 atom stereocenters. The number of nitrogens with zero attached hydrogens (tertiary/aromatic N) is 3. The van der Waals surface area contributed by atoms with E-state index in [2.05, 4.69) is 25.6 Å². The fourth-order valence-electron chi connectivity index (χ4n) is 2.15. The molecular weight excluding hydrogens is 318 g/mol. The van der Waals surface area contributed by atoms with Gasteiger partial charge in [-0.25, -0.2) is 9.97 Å². The molecule has 0 aliphatic rings. The van der Waals surface area contributed by atoms with E-state index in [0.29, 0.717) is 29.5 Å². The first kappa shape index (κ1) is 16.4. The number of rotatable bonds is 6. The largest absolute Gasteiger partial charge is 0.495 e. The van der Waals surface area contributed by atoms with E-state index in [1.807, 2.05) is 30.3 Å². The summed E-state index contributed by atoms with van der Waals surface area (Å²) < 4.78 is 5.21. The third-order valence-corrected chi connectivity index (χ3v) is 3.42. The Balaban J connectivity index is 1.62. The number of nitrogens with one attached hydrogen (secondary N) is 2. The number of methoxy groups -OCH3 is 1. The molecule has 2 aromatic heterocycles. The molecule has 1 amide bonds. The Hall–Kier alpha value is -3.48. The summed E-state index contributed by atoms with van der Waals surface area (Å²) in [5.41, 5.74) is 1.82. The van der Waals surface area contributed by atoms with Crippen molar-refractivity contribution >= 4 is 17.5 Å². The average molecular weight is 335 g/mol. The van der Waals surface area contributed by atoms with E-state index in [0.717, 1.165) is 5.69 Å². The van der Waals surface area contributed by atoms with Gasteiger partial charge in [0.1, 0.15) is 5.75 Å². The molecule has 0 radical (unpaired) electrons. The van der Waals surface area contributed by atoms with Crippen molar-refractivity contribution in [2.75, 3.05) is 17.7 Å². The van der Waals surface area contributed by atoms with Crippen LogP contribution in [0, 0.1) is 0 Å². The van der Waals surface area contributed by atoms with Gasteiger partial charge in [0.25, 0.3) is 5.91 Å². The zero-order chi connectivity index (χ0) is 17.5. The Labute approximate surface area is 145 Å². The molecule has 126 valence electrons. The van der Waals surface area contributed by atoms with E-state index in [9.17, 15) is 4.79 Å². The molecule has 0 aliphatic carbocycles. The molecule has 3 aromatic rings. The van der Waals surface area contributed by atoms with Gasteiger partial charge in [0.15, 0.2) is 0 Å². The van der Waals surface area contributed by atoms with Crippen LogP contribution in [-0.2, 0) is 6.54 Å². The van der Waals surface area contributed by atoms with Gasteiger partial charge in [0.2, 0.25) is 5.95 Å². The maximum Gasteiger partial charge on any atom is 0.258 e. The summed E-state index contributed by atoms with van der Waals surface area (Å²) in [5, 5.41) is 5.84. The SMILES string of the molecule is COc1ccccc1NC(=O)c1cnc(NCc2ccccn2)nc1. The van der Waals surface area contributed by atoms with Crippen molar-refractivity contribution in [1.29, 1.82) is 0 Å². The molecule has 3 rings (SSSR count). The predicted molar refractivity (Wildman–Crippen MR) is 94.5 cm³/mol. The molecule has 2 heterocycles. The molecule has 1 aromatic carbocycles. The molecule has 7 heteroatoms. The second kappa shape index (κ2) is 7.87. The number of carbonyl (C=O) groups excluding carboxylic acids is 1. The number of ether oxygens (including phenoxy) is 1. The fourth-order valence-corrected chi connectivity index (χ4v) is 2.15. The van der Waals surface area contributed by atoms with Crippen LogP contribution in [0.4, 0.5) is 11.6 Å². The minimum Gasteiger partial charge on any atom is -0.495 e. The molecule has 0 spiro atoms. The number of hydrogen-bond donors (Lipinski definition) is 2. The van der Waals surface area contributed by atoms with E-state index in [1.165, 1.54) is 12.4 Å². The first-order chi connectivity index (χ1) is 12.3. The van der Waals surface area contributed by atoms with Crippen LogP contribution in [0.5, 0.6) is 5.75 Å². The minimum absolute atomic E-state index is 0.305. The number of pyridine rings is 1. The molecule has 7 nitrogen and oxygen atoms in total. The molecular formula is C18H17N5O2.